The maximum atomic E-state index is 11.4. The number of likely N-dealkylation sites (tertiary alicyclic amines) is 1. The number of allylic oxidation sites excluding steroid dienone is 1. The molecule has 0 radical (unpaired) electrons. The fraction of sp³-hybridized carbons (Fsp3) is 0.750. The number of hydrogen-bond donors (Lipinski definition) is 1. The van der Waals surface area contributed by atoms with Crippen molar-refractivity contribution in [3.05, 3.63) is 11.6 Å². The van der Waals surface area contributed by atoms with Gasteiger partial charge in [-0.3, -0.25) is 4.79 Å². The van der Waals surface area contributed by atoms with Gasteiger partial charge in [0, 0.05) is 19.2 Å². The SMILES string of the molecule is CC(C)=CC(=O)NCC1CCCN(C)C1. The monoisotopic (exact) mass is 210 g/mol. The lowest BCUT2D eigenvalue weighted by Crippen LogP contribution is -2.38. The Bertz CT molecular complexity index is 244. The number of nitrogens with zero attached hydrogens (tertiary/aromatic N) is 1. The summed E-state index contributed by atoms with van der Waals surface area (Å²) in [4.78, 5) is 13.7. The fourth-order valence-electron chi connectivity index (χ4n) is 2.00. The molecule has 1 aliphatic heterocycles. The van der Waals surface area contributed by atoms with Gasteiger partial charge in [-0.15, -0.1) is 0 Å². The minimum Gasteiger partial charge on any atom is -0.352 e. The van der Waals surface area contributed by atoms with Crippen molar-refractivity contribution in [2.75, 3.05) is 26.7 Å². The molecule has 0 aliphatic carbocycles. The Hall–Kier alpha value is -0.830. The van der Waals surface area contributed by atoms with E-state index >= 15 is 0 Å². The zero-order valence-electron chi connectivity index (χ0n) is 10.0. The summed E-state index contributed by atoms with van der Waals surface area (Å²) in [5.41, 5.74) is 1.05. The molecular weight excluding hydrogens is 188 g/mol. The van der Waals surface area contributed by atoms with Crippen LogP contribution < -0.4 is 5.32 Å². The van der Waals surface area contributed by atoms with E-state index in [-0.39, 0.29) is 5.91 Å². The summed E-state index contributed by atoms with van der Waals surface area (Å²) in [6.45, 7) is 6.99. The molecule has 0 saturated carbocycles. The van der Waals surface area contributed by atoms with Gasteiger partial charge in [0.2, 0.25) is 5.91 Å². The topological polar surface area (TPSA) is 32.3 Å². The van der Waals surface area contributed by atoms with E-state index in [2.05, 4.69) is 17.3 Å². The Balaban J connectivity index is 2.24. The van der Waals surface area contributed by atoms with E-state index in [9.17, 15) is 4.79 Å². The molecule has 1 fully saturated rings. The molecule has 0 bridgehead atoms. The molecule has 1 amide bonds. The standard InChI is InChI=1S/C12H22N2O/c1-10(2)7-12(15)13-8-11-5-4-6-14(3)9-11/h7,11H,4-6,8-9H2,1-3H3,(H,13,15). The zero-order valence-corrected chi connectivity index (χ0v) is 10.0. The van der Waals surface area contributed by atoms with Gasteiger partial charge in [-0.2, -0.15) is 0 Å². The highest BCUT2D eigenvalue weighted by atomic mass is 16.1. The third kappa shape index (κ3) is 4.98. The van der Waals surface area contributed by atoms with Crippen LogP contribution in [0.15, 0.2) is 11.6 Å². The summed E-state index contributed by atoms with van der Waals surface area (Å²) >= 11 is 0. The Kier molecular flexibility index (Phi) is 4.82. The lowest BCUT2D eigenvalue weighted by molar-refractivity contribution is -0.116. The highest BCUT2D eigenvalue weighted by Gasteiger charge is 2.16. The quantitative estimate of drug-likeness (QED) is 0.714. The van der Waals surface area contributed by atoms with Crippen LogP contribution in [0.3, 0.4) is 0 Å². The maximum Gasteiger partial charge on any atom is 0.243 e. The first kappa shape index (κ1) is 12.2. The second-order valence-electron chi connectivity index (χ2n) is 4.74. The van der Waals surface area contributed by atoms with Gasteiger partial charge in [0.05, 0.1) is 0 Å². The summed E-state index contributed by atoms with van der Waals surface area (Å²) < 4.78 is 0. The van der Waals surface area contributed by atoms with Crippen molar-refractivity contribution in [1.29, 1.82) is 0 Å². The molecule has 0 aromatic carbocycles. The highest BCUT2D eigenvalue weighted by molar-refractivity contribution is 5.87. The molecule has 0 aromatic heterocycles. The van der Waals surface area contributed by atoms with Gasteiger partial charge in [-0.1, -0.05) is 5.57 Å². The molecule has 1 aliphatic rings. The molecular formula is C12H22N2O. The van der Waals surface area contributed by atoms with Gasteiger partial charge in [0.1, 0.15) is 0 Å². The third-order valence-corrected chi connectivity index (χ3v) is 2.71. The first-order valence-corrected chi connectivity index (χ1v) is 5.69. The number of carbonyl (C=O) groups is 1. The van der Waals surface area contributed by atoms with Gasteiger partial charge in [-0.25, -0.2) is 0 Å². The average Bonchev–Trinajstić information content (AvgIpc) is 2.14. The summed E-state index contributed by atoms with van der Waals surface area (Å²) in [5.74, 6) is 0.668. The van der Waals surface area contributed by atoms with Crippen molar-refractivity contribution < 1.29 is 4.79 Å². The van der Waals surface area contributed by atoms with Crippen LogP contribution in [0.4, 0.5) is 0 Å². The summed E-state index contributed by atoms with van der Waals surface area (Å²) in [5, 5.41) is 2.96. The molecule has 3 nitrogen and oxygen atoms in total. The Morgan fingerprint density at radius 2 is 2.27 bits per heavy atom. The van der Waals surface area contributed by atoms with E-state index in [1.54, 1.807) is 6.08 Å². The molecule has 0 spiro atoms. The average molecular weight is 210 g/mol. The van der Waals surface area contributed by atoms with Crippen LogP contribution in [0.1, 0.15) is 26.7 Å². The number of amides is 1. The van der Waals surface area contributed by atoms with Crippen LogP contribution in [0.25, 0.3) is 0 Å². The lowest BCUT2D eigenvalue weighted by Gasteiger charge is -2.29. The molecule has 15 heavy (non-hydrogen) atoms. The Morgan fingerprint density at radius 3 is 2.87 bits per heavy atom. The predicted octanol–water partition coefficient (Wildman–Crippen LogP) is 1.41. The molecule has 1 atom stereocenters. The third-order valence-electron chi connectivity index (χ3n) is 2.71. The minimum absolute atomic E-state index is 0.0447. The second-order valence-corrected chi connectivity index (χ2v) is 4.74. The number of hydrogen-bond acceptors (Lipinski definition) is 2. The number of rotatable bonds is 3. The predicted molar refractivity (Wildman–Crippen MR) is 62.7 cm³/mol. The molecule has 0 aromatic rings. The van der Waals surface area contributed by atoms with Gasteiger partial charge >= 0.3 is 0 Å². The van der Waals surface area contributed by atoms with Crippen LogP contribution in [-0.4, -0.2) is 37.5 Å². The summed E-state index contributed by atoms with van der Waals surface area (Å²) in [7, 11) is 2.14. The number of nitrogens with one attached hydrogen (secondary N) is 1. The van der Waals surface area contributed by atoms with Crippen LogP contribution in [0, 0.1) is 5.92 Å². The van der Waals surface area contributed by atoms with E-state index in [0.29, 0.717) is 5.92 Å². The van der Waals surface area contributed by atoms with Gasteiger partial charge in [-0.05, 0) is 46.2 Å². The normalized spacial score (nSPS) is 22.2. The molecule has 3 heteroatoms. The van der Waals surface area contributed by atoms with Crippen molar-refractivity contribution in [2.24, 2.45) is 5.92 Å². The second kappa shape index (κ2) is 5.91. The van der Waals surface area contributed by atoms with Crippen LogP contribution in [-0.2, 0) is 4.79 Å². The lowest BCUT2D eigenvalue weighted by atomic mass is 9.98. The molecule has 1 rings (SSSR count). The van der Waals surface area contributed by atoms with E-state index in [0.717, 1.165) is 18.7 Å². The van der Waals surface area contributed by atoms with Crippen LogP contribution in [0.2, 0.25) is 0 Å². The van der Waals surface area contributed by atoms with E-state index in [1.165, 1.54) is 19.4 Å². The Labute approximate surface area is 92.5 Å². The molecule has 1 heterocycles. The van der Waals surface area contributed by atoms with Crippen molar-refractivity contribution in [1.82, 2.24) is 10.2 Å². The van der Waals surface area contributed by atoms with Crippen molar-refractivity contribution in [3.63, 3.8) is 0 Å². The summed E-state index contributed by atoms with van der Waals surface area (Å²) in [6.07, 6.45) is 4.14. The first-order chi connectivity index (χ1) is 7.08. The summed E-state index contributed by atoms with van der Waals surface area (Å²) in [6, 6.07) is 0. The van der Waals surface area contributed by atoms with Gasteiger partial charge in [0.25, 0.3) is 0 Å². The van der Waals surface area contributed by atoms with E-state index in [1.807, 2.05) is 13.8 Å². The minimum atomic E-state index is 0.0447. The van der Waals surface area contributed by atoms with Crippen molar-refractivity contribution >= 4 is 5.91 Å². The zero-order chi connectivity index (χ0) is 11.3. The highest BCUT2D eigenvalue weighted by Crippen LogP contribution is 2.13. The van der Waals surface area contributed by atoms with Crippen molar-refractivity contribution in [2.45, 2.75) is 26.7 Å². The largest absolute Gasteiger partial charge is 0.352 e. The molecule has 1 unspecified atom stereocenters. The number of piperidine rings is 1. The maximum absolute atomic E-state index is 11.4. The fourth-order valence-corrected chi connectivity index (χ4v) is 2.00. The van der Waals surface area contributed by atoms with Crippen LogP contribution in [0.5, 0.6) is 0 Å². The van der Waals surface area contributed by atoms with Crippen LogP contribution >= 0.6 is 0 Å². The van der Waals surface area contributed by atoms with E-state index in [4.69, 9.17) is 0 Å². The van der Waals surface area contributed by atoms with Gasteiger partial charge < -0.3 is 10.2 Å². The molecule has 1 saturated heterocycles. The number of carbonyl (C=O) groups excluding carboxylic acids is 1. The smallest absolute Gasteiger partial charge is 0.243 e. The first-order valence-electron chi connectivity index (χ1n) is 5.69. The molecule has 86 valence electrons. The van der Waals surface area contributed by atoms with E-state index < -0.39 is 0 Å². The van der Waals surface area contributed by atoms with Gasteiger partial charge in [0.15, 0.2) is 0 Å². The molecule has 1 N–H and O–H groups in total. The Morgan fingerprint density at radius 1 is 1.53 bits per heavy atom. The van der Waals surface area contributed by atoms with Crippen molar-refractivity contribution in [3.8, 4) is 0 Å².